The fourth-order valence-corrected chi connectivity index (χ4v) is 2.33. The minimum absolute atomic E-state index is 0.186. The van der Waals surface area contributed by atoms with Gasteiger partial charge in [0.15, 0.2) is 6.10 Å². The molecular weight excluding hydrogens is 391 g/mol. The lowest BCUT2D eigenvalue weighted by atomic mass is 10.1. The van der Waals surface area contributed by atoms with Crippen LogP contribution in [0, 0.1) is 5.82 Å². The number of urea groups is 1. The van der Waals surface area contributed by atoms with Gasteiger partial charge in [-0.05, 0) is 63.6 Å². The number of nitrogens with one attached hydrogen (secondary N) is 2. The molecule has 0 aliphatic rings. The summed E-state index contributed by atoms with van der Waals surface area (Å²) in [6.45, 7) is 6.87. The molecule has 2 aromatic carbocycles. The standard InChI is InChI=1S/C22H25FN2O5/c1-14(19(26)24-21(28)25-22(2,3)4)30-20(27)16-6-5-7-18(12-16)29-13-15-8-10-17(23)11-9-15/h5-12,14H,13H2,1-4H3,(H2,24,25,26,28). The van der Waals surface area contributed by atoms with Crippen LogP contribution in [0.15, 0.2) is 48.5 Å². The van der Waals surface area contributed by atoms with Crippen LogP contribution in [0.1, 0.15) is 43.6 Å². The van der Waals surface area contributed by atoms with Crippen molar-refractivity contribution in [2.75, 3.05) is 0 Å². The molecule has 1 atom stereocenters. The van der Waals surface area contributed by atoms with E-state index < -0.39 is 29.6 Å². The molecule has 0 fully saturated rings. The molecule has 30 heavy (non-hydrogen) atoms. The van der Waals surface area contributed by atoms with Gasteiger partial charge >= 0.3 is 12.0 Å². The minimum Gasteiger partial charge on any atom is -0.489 e. The van der Waals surface area contributed by atoms with Crippen molar-refractivity contribution in [1.29, 1.82) is 0 Å². The molecule has 160 valence electrons. The Hall–Kier alpha value is -3.42. The number of carbonyl (C=O) groups excluding carboxylic acids is 3. The maximum Gasteiger partial charge on any atom is 0.339 e. The second-order valence-corrected chi connectivity index (χ2v) is 7.68. The smallest absolute Gasteiger partial charge is 0.339 e. The number of hydrogen-bond acceptors (Lipinski definition) is 5. The summed E-state index contributed by atoms with van der Waals surface area (Å²) >= 11 is 0. The Bertz CT molecular complexity index is 906. The van der Waals surface area contributed by atoms with Crippen molar-refractivity contribution >= 4 is 17.9 Å². The number of hydrogen-bond donors (Lipinski definition) is 2. The van der Waals surface area contributed by atoms with Gasteiger partial charge in [0.2, 0.25) is 0 Å². The molecule has 0 saturated heterocycles. The number of ether oxygens (including phenoxy) is 2. The molecule has 0 saturated carbocycles. The Morgan fingerprint density at radius 1 is 1.07 bits per heavy atom. The molecule has 1 unspecified atom stereocenters. The van der Waals surface area contributed by atoms with Crippen LogP contribution in [-0.4, -0.2) is 29.6 Å². The third-order valence-corrected chi connectivity index (χ3v) is 3.77. The van der Waals surface area contributed by atoms with Crippen molar-refractivity contribution in [3.63, 3.8) is 0 Å². The van der Waals surface area contributed by atoms with Gasteiger partial charge in [-0.15, -0.1) is 0 Å². The summed E-state index contributed by atoms with van der Waals surface area (Å²) < 4.78 is 23.7. The van der Waals surface area contributed by atoms with Gasteiger partial charge in [-0.1, -0.05) is 18.2 Å². The van der Waals surface area contributed by atoms with Crippen molar-refractivity contribution < 1.29 is 28.2 Å². The summed E-state index contributed by atoms with van der Waals surface area (Å²) in [7, 11) is 0. The molecule has 0 spiro atoms. The number of halogens is 1. The average Bonchev–Trinajstić information content (AvgIpc) is 2.66. The molecule has 3 amide bonds. The third-order valence-electron chi connectivity index (χ3n) is 3.77. The van der Waals surface area contributed by atoms with E-state index in [0.29, 0.717) is 5.75 Å². The van der Waals surface area contributed by atoms with E-state index in [1.165, 1.54) is 31.2 Å². The lowest BCUT2D eigenvalue weighted by molar-refractivity contribution is -0.127. The molecule has 0 aliphatic carbocycles. The van der Waals surface area contributed by atoms with Crippen molar-refractivity contribution in [3.05, 3.63) is 65.5 Å². The zero-order valence-electron chi connectivity index (χ0n) is 17.3. The number of benzene rings is 2. The predicted octanol–water partition coefficient (Wildman–Crippen LogP) is 3.57. The second kappa shape index (κ2) is 9.87. The molecule has 0 bridgehead atoms. The molecular formula is C22H25FN2O5. The maximum absolute atomic E-state index is 13.0. The summed E-state index contributed by atoms with van der Waals surface area (Å²) in [6.07, 6.45) is -1.17. The van der Waals surface area contributed by atoms with E-state index >= 15 is 0 Å². The monoisotopic (exact) mass is 416 g/mol. The molecule has 0 radical (unpaired) electrons. The first-order valence-electron chi connectivity index (χ1n) is 9.35. The summed E-state index contributed by atoms with van der Waals surface area (Å²) in [6, 6.07) is 11.5. The first kappa shape index (κ1) is 22.9. The van der Waals surface area contributed by atoms with Crippen LogP contribution in [-0.2, 0) is 16.1 Å². The van der Waals surface area contributed by atoms with Gasteiger partial charge in [0, 0.05) is 5.54 Å². The third kappa shape index (κ3) is 7.54. The van der Waals surface area contributed by atoms with Crippen LogP contribution >= 0.6 is 0 Å². The highest BCUT2D eigenvalue weighted by molar-refractivity contribution is 5.98. The quantitative estimate of drug-likeness (QED) is 0.702. The molecule has 0 heterocycles. The average molecular weight is 416 g/mol. The second-order valence-electron chi connectivity index (χ2n) is 7.68. The van der Waals surface area contributed by atoms with Crippen LogP contribution in [0.5, 0.6) is 5.75 Å². The fourth-order valence-electron chi connectivity index (χ4n) is 2.33. The van der Waals surface area contributed by atoms with Crippen molar-refractivity contribution in [2.24, 2.45) is 0 Å². The minimum atomic E-state index is -1.17. The Balaban J connectivity index is 1.91. The highest BCUT2D eigenvalue weighted by atomic mass is 19.1. The van der Waals surface area contributed by atoms with Gasteiger partial charge in [-0.25, -0.2) is 14.0 Å². The van der Waals surface area contributed by atoms with E-state index in [1.54, 1.807) is 45.0 Å². The normalized spacial score (nSPS) is 11.9. The molecule has 2 rings (SSSR count). The van der Waals surface area contributed by atoms with Gasteiger partial charge in [0.05, 0.1) is 5.56 Å². The largest absolute Gasteiger partial charge is 0.489 e. The van der Waals surface area contributed by atoms with Crippen molar-refractivity contribution in [1.82, 2.24) is 10.6 Å². The van der Waals surface area contributed by atoms with Crippen LogP contribution < -0.4 is 15.4 Å². The maximum atomic E-state index is 13.0. The number of esters is 1. The van der Waals surface area contributed by atoms with Crippen LogP contribution in [0.2, 0.25) is 0 Å². The van der Waals surface area contributed by atoms with Crippen molar-refractivity contribution in [3.8, 4) is 5.75 Å². The van der Waals surface area contributed by atoms with Gasteiger partial charge < -0.3 is 14.8 Å². The number of amides is 3. The number of carbonyl (C=O) groups is 3. The van der Waals surface area contributed by atoms with E-state index in [-0.39, 0.29) is 18.0 Å². The van der Waals surface area contributed by atoms with E-state index in [1.807, 2.05) is 0 Å². The van der Waals surface area contributed by atoms with Crippen molar-refractivity contribution in [2.45, 2.75) is 45.9 Å². The summed E-state index contributed by atoms with van der Waals surface area (Å²) in [5, 5.41) is 4.71. The fraction of sp³-hybridized carbons (Fsp3) is 0.318. The summed E-state index contributed by atoms with van der Waals surface area (Å²) in [5.74, 6) is -1.40. The number of rotatable bonds is 6. The molecule has 0 aromatic heterocycles. The Morgan fingerprint density at radius 2 is 1.73 bits per heavy atom. The van der Waals surface area contributed by atoms with Gasteiger partial charge in [0.1, 0.15) is 18.2 Å². The Morgan fingerprint density at radius 3 is 2.37 bits per heavy atom. The molecule has 2 N–H and O–H groups in total. The SMILES string of the molecule is CC(OC(=O)c1cccc(OCc2ccc(F)cc2)c1)C(=O)NC(=O)NC(C)(C)C. The molecule has 7 nitrogen and oxygen atoms in total. The van der Waals surface area contributed by atoms with Gasteiger partial charge in [-0.3, -0.25) is 10.1 Å². The number of imide groups is 1. The molecule has 2 aromatic rings. The van der Waals surface area contributed by atoms with Gasteiger partial charge in [0.25, 0.3) is 5.91 Å². The lowest BCUT2D eigenvalue weighted by Gasteiger charge is -2.21. The molecule has 0 aliphatic heterocycles. The highest BCUT2D eigenvalue weighted by Crippen LogP contribution is 2.17. The highest BCUT2D eigenvalue weighted by Gasteiger charge is 2.22. The van der Waals surface area contributed by atoms with E-state index in [0.717, 1.165) is 5.56 Å². The van der Waals surface area contributed by atoms with Gasteiger partial charge in [-0.2, -0.15) is 0 Å². The van der Waals surface area contributed by atoms with Crippen LogP contribution in [0.4, 0.5) is 9.18 Å². The van der Waals surface area contributed by atoms with E-state index in [9.17, 15) is 18.8 Å². The zero-order chi connectivity index (χ0) is 22.3. The lowest BCUT2D eigenvalue weighted by Crippen LogP contribution is -2.50. The zero-order valence-corrected chi connectivity index (χ0v) is 17.3. The first-order chi connectivity index (χ1) is 14.0. The van der Waals surface area contributed by atoms with E-state index in [2.05, 4.69) is 10.6 Å². The van der Waals surface area contributed by atoms with E-state index in [4.69, 9.17) is 9.47 Å². The topological polar surface area (TPSA) is 93.7 Å². The first-order valence-corrected chi connectivity index (χ1v) is 9.35. The Kier molecular flexibility index (Phi) is 7.52. The summed E-state index contributed by atoms with van der Waals surface area (Å²) in [4.78, 5) is 36.2. The molecule has 8 heteroatoms. The Labute approximate surface area is 174 Å². The van der Waals surface area contributed by atoms with Crippen LogP contribution in [0.25, 0.3) is 0 Å². The summed E-state index contributed by atoms with van der Waals surface area (Å²) in [5.41, 5.74) is 0.437. The predicted molar refractivity (Wildman–Crippen MR) is 108 cm³/mol. The van der Waals surface area contributed by atoms with Crippen LogP contribution in [0.3, 0.4) is 0 Å².